The van der Waals surface area contributed by atoms with Gasteiger partial charge in [-0.05, 0) is 122 Å². The zero-order valence-corrected chi connectivity index (χ0v) is 33.7. The van der Waals surface area contributed by atoms with Gasteiger partial charge < -0.3 is 9.80 Å². The molecule has 0 aromatic heterocycles. The SMILES string of the molecule is CC1(C)c2cc(-c3ccccc3)ccc2-c2ccc(N(c3ccccc3)c3cccc4c3-c3ccccc3C43c4ccccc4N(c4ccccc4)c4ccccc43)cc21. The first-order valence-corrected chi connectivity index (χ1v) is 21.0. The van der Waals surface area contributed by atoms with Crippen LogP contribution in [0.1, 0.15) is 47.2 Å². The molecule has 60 heavy (non-hydrogen) atoms. The van der Waals surface area contributed by atoms with Gasteiger partial charge in [0.25, 0.3) is 0 Å². The van der Waals surface area contributed by atoms with E-state index in [1.807, 2.05) is 0 Å². The lowest BCUT2D eigenvalue weighted by Crippen LogP contribution is -2.36. The average molecular weight is 767 g/mol. The van der Waals surface area contributed by atoms with Crippen molar-refractivity contribution in [3.05, 3.63) is 252 Å². The van der Waals surface area contributed by atoms with Gasteiger partial charge in [0.2, 0.25) is 0 Å². The summed E-state index contributed by atoms with van der Waals surface area (Å²) in [5.41, 5.74) is 21.9. The van der Waals surface area contributed by atoms with E-state index >= 15 is 0 Å². The predicted molar refractivity (Wildman–Crippen MR) is 250 cm³/mol. The maximum atomic E-state index is 2.50. The molecule has 12 rings (SSSR count). The van der Waals surface area contributed by atoms with E-state index in [0.717, 1.165) is 17.1 Å². The van der Waals surface area contributed by atoms with Crippen molar-refractivity contribution in [2.75, 3.05) is 9.80 Å². The fourth-order valence-electron chi connectivity index (χ4n) is 10.9. The first-order chi connectivity index (χ1) is 29.5. The molecule has 0 bridgehead atoms. The second kappa shape index (κ2) is 13.0. The van der Waals surface area contributed by atoms with Crippen LogP contribution >= 0.6 is 0 Å². The average Bonchev–Trinajstić information content (AvgIpc) is 3.73. The molecule has 2 aliphatic carbocycles. The lowest BCUT2D eigenvalue weighted by Gasteiger charge is -2.45. The summed E-state index contributed by atoms with van der Waals surface area (Å²) < 4.78 is 0. The lowest BCUT2D eigenvalue weighted by atomic mass is 9.64. The highest BCUT2D eigenvalue weighted by atomic mass is 15.2. The maximum Gasteiger partial charge on any atom is 0.0755 e. The highest BCUT2D eigenvalue weighted by molar-refractivity contribution is 6.01. The molecular formula is C58H42N2. The molecule has 1 aliphatic heterocycles. The van der Waals surface area contributed by atoms with E-state index in [0.29, 0.717) is 0 Å². The largest absolute Gasteiger partial charge is 0.310 e. The minimum Gasteiger partial charge on any atom is -0.310 e. The summed E-state index contributed by atoms with van der Waals surface area (Å²) in [6.45, 7) is 4.78. The van der Waals surface area contributed by atoms with Gasteiger partial charge in [-0.25, -0.2) is 0 Å². The number of hydrogen-bond donors (Lipinski definition) is 0. The van der Waals surface area contributed by atoms with Crippen LogP contribution in [0.25, 0.3) is 33.4 Å². The van der Waals surface area contributed by atoms with E-state index in [1.54, 1.807) is 0 Å². The summed E-state index contributed by atoms with van der Waals surface area (Å²) in [6.07, 6.45) is 0. The third-order valence-corrected chi connectivity index (χ3v) is 13.4. The molecule has 0 saturated heterocycles. The molecule has 2 heteroatoms. The van der Waals surface area contributed by atoms with Gasteiger partial charge in [0.05, 0.1) is 22.5 Å². The zero-order valence-electron chi connectivity index (χ0n) is 33.7. The van der Waals surface area contributed by atoms with Gasteiger partial charge in [-0.2, -0.15) is 0 Å². The molecule has 3 aliphatic rings. The van der Waals surface area contributed by atoms with Gasteiger partial charge in [-0.15, -0.1) is 0 Å². The zero-order chi connectivity index (χ0) is 40.0. The fraction of sp³-hybridized carbons (Fsp3) is 0.0690. The molecule has 9 aromatic rings. The molecule has 0 N–H and O–H groups in total. The van der Waals surface area contributed by atoms with Crippen molar-refractivity contribution in [2.24, 2.45) is 0 Å². The minimum atomic E-state index is -0.541. The summed E-state index contributed by atoms with van der Waals surface area (Å²) >= 11 is 0. The van der Waals surface area contributed by atoms with Gasteiger partial charge >= 0.3 is 0 Å². The standard InChI is InChI=1S/C58H42N2/c1-57(2)51-37-40(39-19-6-3-7-20-39)33-35-44(51)45-36-34-43(38-52(45)57)59(41-21-8-4-9-22-41)55-32-18-29-50-56(55)46-25-12-13-26-47(46)58(50)48-27-14-16-30-53(48)60(42-23-10-5-11-24-42)54-31-17-15-28-49(54)58/h3-38H,1-2H3. The smallest absolute Gasteiger partial charge is 0.0755 e. The Bertz CT molecular complexity index is 3080. The van der Waals surface area contributed by atoms with E-state index in [1.165, 1.54) is 83.8 Å². The topological polar surface area (TPSA) is 6.48 Å². The molecule has 0 radical (unpaired) electrons. The van der Waals surface area contributed by atoms with Crippen LogP contribution in [-0.2, 0) is 10.8 Å². The Hall–Kier alpha value is -7.42. The van der Waals surface area contributed by atoms with E-state index in [9.17, 15) is 0 Å². The summed E-state index contributed by atoms with van der Waals surface area (Å²) in [5, 5.41) is 0. The van der Waals surface area contributed by atoms with Crippen LogP contribution in [0.15, 0.2) is 218 Å². The second-order valence-electron chi connectivity index (χ2n) is 16.9. The van der Waals surface area contributed by atoms with Crippen molar-refractivity contribution < 1.29 is 0 Å². The summed E-state index contributed by atoms with van der Waals surface area (Å²) in [7, 11) is 0. The van der Waals surface area contributed by atoms with E-state index in [-0.39, 0.29) is 5.41 Å². The van der Waals surface area contributed by atoms with Gasteiger partial charge in [0.15, 0.2) is 0 Å². The highest BCUT2D eigenvalue weighted by Crippen LogP contribution is 2.65. The summed E-state index contributed by atoms with van der Waals surface area (Å²) in [4.78, 5) is 4.95. The first kappa shape index (κ1) is 34.6. The summed E-state index contributed by atoms with van der Waals surface area (Å²) in [6, 6.07) is 80.9. The quantitative estimate of drug-likeness (QED) is 0.172. The van der Waals surface area contributed by atoms with Crippen LogP contribution < -0.4 is 9.80 Å². The van der Waals surface area contributed by atoms with Crippen molar-refractivity contribution in [2.45, 2.75) is 24.7 Å². The molecule has 0 atom stereocenters. The first-order valence-electron chi connectivity index (χ1n) is 21.0. The Kier molecular flexibility index (Phi) is 7.52. The van der Waals surface area contributed by atoms with Gasteiger partial charge in [-0.1, -0.05) is 172 Å². The van der Waals surface area contributed by atoms with Crippen molar-refractivity contribution in [1.29, 1.82) is 0 Å². The molecule has 9 aromatic carbocycles. The van der Waals surface area contributed by atoms with E-state index in [4.69, 9.17) is 0 Å². The normalized spacial score (nSPS) is 14.4. The Morgan fingerprint density at radius 3 is 1.62 bits per heavy atom. The third-order valence-electron chi connectivity index (χ3n) is 13.4. The number of para-hydroxylation sites is 4. The number of fused-ring (bicyclic) bond motifs is 12. The molecular weight excluding hydrogens is 725 g/mol. The number of benzene rings is 9. The maximum absolute atomic E-state index is 2.50. The predicted octanol–water partition coefficient (Wildman–Crippen LogP) is 15.3. The van der Waals surface area contributed by atoms with Crippen molar-refractivity contribution in [1.82, 2.24) is 0 Å². The molecule has 0 unspecified atom stereocenters. The molecule has 0 amide bonds. The number of anilines is 6. The van der Waals surface area contributed by atoms with Crippen molar-refractivity contribution >= 4 is 34.1 Å². The van der Waals surface area contributed by atoms with Crippen LogP contribution in [0.4, 0.5) is 34.1 Å². The third kappa shape index (κ3) is 4.76. The van der Waals surface area contributed by atoms with Crippen LogP contribution in [0.2, 0.25) is 0 Å². The lowest BCUT2D eigenvalue weighted by molar-refractivity contribution is 0.660. The minimum absolute atomic E-state index is 0.191. The monoisotopic (exact) mass is 766 g/mol. The Labute approximate surface area is 352 Å². The molecule has 1 spiro atoms. The molecule has 2 nitrogen and oxygen atoms in total. The van der Waals surface area contributed by atoms with E-state index < -0.39 is 5.41 Å². The van der Waals surface area contributed by atoms with Crippen molar-refractivity contribution in [3.8, 4) is 33.4 Å². The fourth-order valence-corrected chi connectivity index (χ4v) is 10.9. The Morgan fingerprint density at radius 2 is 0.917 bits per heavy atom. The van der Waals surface area contributed by atoms with Crippen LogP contribution in [0.3, 0.4) is 0 Å². The van der Waals surface area contributed by atoms with Crippen molar-refractivity contribution in [3.63, 3.8) is 0 Å². The van der Waals surface area contributed by atoms with Gasteiger partial charge in [0, 0.05) is 28.0 Å². The summed E-state index contributed by atoms with van der Waals surface area (Å²) in [5.74, 6) is 0. The number of nitrogens with zero attached hydrogens (tertiary/aromatic N) is 2. The van der Waals surface area contributed by atoms with E-state index in [2.05, 4.69) is 242 Å². The van der Waals surface area contributed by atoms with Gasteiger partial charge in [-0.3, -0.25) is 0 Å². The molecule has 1 heterocycles. The van der Waals surface area contributed by atoms with Crippen LogP contribution in [-0.4, -0.2) is 0 Å². The molecule has 284 valence electrons. The Balaban J connectivity index is 1.09. The molecule has 0 fully saturated rings. The number of hydrogen-bond acceptors (Lipinski definition) is 2. The van der Waals surface area contributed by atoms with Crippen LogP contribution in [0, 0.1) is 0 Å². The number of rotatable bonds is 5. The highest BCUT2D eigenvalue weighted by Gasteiger charge is 2.52. The molecule has 0 saturated carbocycles. The van der Waals surface area contributed by atoms with Gasteiger partial charge in [0.1, 0.15) is 0 Å². The Morgan fingerprint density at radius 1 is 0.367 bits per heavy atom. The van der Waals surface area contributed by atoms with Crippen LogP contribution in [0.5, 0.6) is 0 Å². The second-order valence-corrected chi connectivity index (χ2v) is 16.9.